The SMILES string of the molecule is CC(C)N(CC(=O)c1sccc1Br)CC(F)(F)F. The highest BCUT2D eigenvalue weighted by Crippen LogP contribution is 2.24. The molecule has 0 amide bonds. The van der Waals surface area contributed by atoms with Crippen LogP contribution >= 0.6 is 27.3 Å². The van der Waals surface area contributed by atoms with Gasteiger partial charge in [0.25, 0.3) is 0 Å². The fraction of sp³-hybridized carbons (Fsp3) is 0.545. The van der Waals surface area contributed by atoms with Gasteiger partial charge in [-0.1, -0.05) is 0 Å². The molecule has 102 valence electrons. The maximum absolute atomic E-state index is 12.4. The summed E-state index contributed by atoms with van der Waals surface area (Å²) in [6.45, 7) is 1.99. The van der Waals surface area contributed by atoms with Crippen molar-refractivity contribution in [3.05, 3.63) is 20.8 Å². The van der Waals surface area contributed by atoms with Crippen LogP contribution in [0.2, 0.25) is 0 Å². The van der Waals surface area contributed by atoms with E-state index in [1.54, 1.807) is 25.3 Å². The Kier molecular flexibility index (Phi) is 5.36. The number of thiophene rings is 1. The average Bonchev–Trinajstić information content (AvgIpc) is 2.61. The van der Waals surface area contributed by atoms with Crippen molar-refractivity contribution >= 4 is 33.0 Å². The highest BCUT2D eigenvalue weighted by Gasteiger charge is 2.33. The van der Waals surface area contributed by atoms with Gasteiger partial charge in [-0.2, -0.15) is 13.2 Å². The zero-order valence-corrected chi connectivity index (χ0v) is 12.3. The molecule has 0 aromatic carbocycles. The summed E-state index contributed by atoms with van der Waals surface area (Å²) in [6, 6.07) is 1.37. The van der Waals surface area contributed by atoms with Crippen molar-refractivity contribution in [3.63, 3.8) is 0 Å². The number of carbonyl (C=O) groups is 1. The van der Waals surface area contributed by atoms with Crippen LogP contribution in [0.1, 0.15) is 23.5 Å². The van der Waals surface area contributed by atoms with E-state index in [-0.39, 0.29) is 18.4 Å². The van der Waals surface area contributed by atoms with Crippen LogP contribution in [-0.2, 0) is 0 Å². The number of rotatable bonds is 5. The summed E-state index contributed by atoms with van der Waals surface area (Å²) < 4.78 is 37.8. The molecule has 0 spiro atoms. The smallest absolute Gasteiger partial charge is 0.292 e. The lowest BCUT2D eigenvalue weighted by Crippen LogP contribution is -2.42. The molecule has 0 aliphatic rings. The van der Waals surface area contributed by atoms with Crippen LogP contribution in [0.3, 0.4) is 0 Å². The Labute approximate surface area is 116 Å². The number of hydrogen-bond donors (Lipinski definition) is 0. The minimum absolute atomic E-state index is 0.226. The lowest BCUT2D eigenvalue weighted by Gasteiger charge is -2.26. The molecular weight excluding hydrogens is 331 g/mol. The molecule has 1 heterocycles. The van der Waals surface area contributed by atoms with Crippen LogP contribution in [0.4, 0.5) is 13.2 Å². The standard InChI is InChI=1S/C11H13BrF3NOS/c1-7(2)16(6-11(13,14)15)5-9(17)10-8(12)3-4-18-10/h3-4,7H,5-6H2,1-2H3. The van der Waals surface area contributed by atoms with Gasteiger partial charge in [-0.25, -0.2) is 0 Å². The Balaban J connectivity index is 2.73. The number of alkyl halides is 3. The summed E-state index contributed by atoms with van der Waals surface area (Å²) in [7, 11) is 0. The van der Waals surface area contributed by atoms with Crippen molar-refractivity contribution in [2.75, 3.05) is 13.1 Å². The average molecular weight is 344 g/mol. The first kappa shape index (κ1) is 15.7. The molecule has 0 saturated heterocycles. The van der Waals surface area contributed by atoms with Crippen LogP contribution in [-0.4, -0.2) is 36.0 Å². The molecule has 0 radical (unpaired) electrons. The van der Waals surface area contributed by atoms with Gasteiger partial charge in [-0.15, -0.1) is 11.3 Å². The van der Waals surface area contributed by atoms with Crippen LogP contribution in [0.5, 0.6) is 0 Å². The van der Waals surface area contributed by atoms with Crippen molar-refractivity contribution in [1.82, 2.24) is 4.90 Å². The van der Waals surface area contributed by atoms with Gasteiger partial charge >= 0.3 is 6.18 Å². The van der Waals surface area contributed by atoms with Crippen molar-refractivity contribution in [3.8, 4) is 0 Å². The molecule has 0 fully saturated rings. The molecule has 0 saturated carbocycles. The molecule has 2 nitrogen and oxygen atoms in total. The maximum Gasteiger partial charge on any atom is 0.401 e. The Morgan fingerprint density at radius 1 is 1.50 bits per heavy atom. The molecule has 0 unspecified atom stereocenters. The molecule has 1 aromatic heterocycles. The molecule has 18 heavy (non-hydrogen) atoms. The monoisotopic (exact) mass is 343 g/mol. The largest absolute Gasteiger partial charge is 0.401 e. The summed E-state index contributed by atoms with van der Waals surface area (Å²) in [6.07, 6.45) is -4.29. The third-order valence-corrected chi connectivity index (χ3v) is 4.21. The predicted octanol–water partition coefficient (Wildman–Crippen LogP) is 3.97. The van der Waals surface area contributed by atoms with Crippen molar-refractivity contribution in [1.29, 1.82) is 0 Å². The summed E-state index contributed by atoms with van der Waals surface area (Å²) >= 11 is 4.43. The number of ketones is 1. The first-order valence-electron chi connectivity index (χ1n) is 5.27. The van der Waals surface area contributed by atoms with E-state index in [1.807, 2.05) is 0 Å². The first-order valence-corrected chi connectivity index (χ1v) is 6.95. The first-order chi connectivity index (χ1) is 8.20. The van der Waals surface area contributed by atoms with E-state index >= 15 is 0 Å². The van der Waals surface area contributed by atoms with Crippen molar-refractivity contribution < 1.29 is 18.0 Å². The zero-order valence-electron chi connectivity index (χ0n) is 9.92. The molecular formula is C11H13BrF3NOS. The number of hydrogen-bond acceptors (Lipinski definition) is 3. The van der Waals surface area contributed by atoms with E-state index in [9.17, 15) is 18.0 Å². The van der Waals surface area contributed by atoms with Crippen LogP contribution in [0.25, 0.3) is 0 Å². The van der Waals surface area contributed by atoms with Crippen LogP contribution in [0, 0.1) is 0 Å². The van der Waals surface area contributed by atoms with E-state index in [2.05, 4.69) is 15.9 Å². The molecule has 0 bridgehead atoms. The minimum Gasteiger partial charge on any atom is -0.292 e. The summed E-state index contributed by atoms with van der Waals surface area (Å²) in [5.41, 5.74) is 0. The second-order valence-electron chi connectivity index (χ2n) is 4.13. The van der Waals surface area contributed by atoms with Crippen molar-refractivity contribution in [2.45, 2.75) is 26.1 Å². The molecule has 0 aliphatic carbocycles. The molecule has 0 N–H and O–H groups in total. The van der Waals surface area contributed by atoms with Gasteiger partial charge in [0.2, 0.25) is 0 Å². The number of nitrogens with zero attached hydrogens (tertiary/aromatic N) is 1. The highest BCUT2D eigenvalue weighted by molar-refractivity contribution is 9.10. The molecule has 1 aromatic rings. The number of halogens is 4. The van der Waals surface area contributed by atoms with E-state index in [0.29, 0.717) is 9.35 Å². The summed E-state index contributed by atoms with van der Waals surface area (Å²) in [4.78, 5) is 13.5. The Morgan fingerprint density at radius 2 is 2.11 bits per heavy atom. The number of carbonyl (C=O) groups excluding carboxylic acids is 1. The minimum atomic E-state index is -4.29. The van der Waals surface area contributed by atoms with Crippen LogP contribution in [0.15, 0.2) is 15.9 Å². The van der Waals surface area contributed by atoms with Gasteiger partial charge in [0.15, 0.2) is 5.78 Å². The second-order valence-corrected chi connectivity index (χ2v) is 5.91. The topological polar surface area (TPSA) is 20.3 Å². The third-order valence-electron chi connectivity index (χ3n) is 2.33. The summed E-state index contributed by atoms with van der Waals surface area (Å²) in [5, 5.41) is 1.72. The maximum atomic E-state index is 12.4. The van der Waals surface area contributed by atoms with E-state index in [4.69, 9.17) is 0 Å². The third kappa shape index (κ3) is 4.70. The lowest BCUT2D eigenvalue weighted by atomic mass is 10.2. The van der Waals surface area contributed by atoms with Gasteiger partial charge in [-0.05, 0) is 41.2 Å². The fourth-order valence-electron chi connectivity index (χ4n) is 1.40. The van der Waals surface area contributed by atoms with Gasteiger partial charge in [0, 0.05) is 10.5 Å². The van der Waals surface area contributed by atoms with E-state index in [0.717, 1.165) is 4.90 Å². The lowest BCUT2D eigenvalue weighted by molar-refractivity contribution is -0.148. The zero-order chi connectivity index (χ0) is 13.9. The second kappa shape index (κ2) is 6.16. The molecule has 0 atom stereocenters. The highest BCUT2D eigenvalue weighted by atomic mass is 79.9. The fourth-order valence-corrected chi connectivity index (χ4v) is 2.93. The Morgan fingerprint density at radius 3 is 2.50 bits per heavy atom. The summed E-state index contributed by atoms with van der Waals surface area (Å²) in [5.74, 6) is -0.296. The van der Waals surface area contributed by atoms with E-state index < -0.39 is 12.7 Å². The molecule has 0 aliphatic heterocycles. The van der Waals surface area contributed by atoms with Gasteiger partial charge < -0.3 is 0 Å². The predicted molar refractivity (Wildman–Crippen MR) is 69.1 cm³/mol. The van der Waals surface area contributed by atoms with Crippen LogP contribution < -0.4 is 0 Å². The Hall–Kier alpha value is -0.400. The van der Waals surface area contributed by atoms with Gasteiger partial charge in [0.05, 0.1) is 18.0 Å². The molecule has 7 heteroatoms. The normalized spacial score (nSPS) is 12.4. The van der Waals surface area contributed by atoms with Crippen molar-refractivity contribution in [2.24, 2.45) is 0 Å². The van der Waals surface area contributed by atoms with Gasteiger partial charge in [-0.3, -0.25) is 9.69 Å². The van der Waals surface area contributed by atoms with Gasteiger partial charge in [0.1, 0.15) is 0 Å². The molecule has 1 rings (SSSR count). The number of Topliss-reactive ketones (excluding diaryl/α,β-unsaturated/α-hetero) is 1. The Bertz CT molecular complexity index is 417. The van der Waals surface area contributed by atoms with E-state index in [1.165, 1.54) is 11.3 Å². The quantitative estimate of drug-likeness (QED) is 0.754.